The molecule has 8 nitrogen and oxygen atoms in total. The summed E-state index contributed by atoms with van der Waals surface area (Å²) in [6.07, 6.45) is 2.91. The predicted octanol–water partition coefficient (Wildman–Crippen LogP) is -1.45. The van der Waals surface area contributed by atoms with Gasteiger partial charge in [0, 0.05) is 12.4 Å². The van der Waals surface area contributed by atoms with Gasteiger partial charge in [0.1, 0.15) is 0 Å². The highest BCUT2D eigenvalue weighted by molar-refractivity contribution is 5.68. The third kappa shape index (κ3) is 1.90. The molecule has 0 aliphatic heterocycles. The average molecular weight is 207 g/mol. The van der Waals surface area contributed by atoms with Gasteiger partial charge in [-0.15, -0.1) is 0 Å². The molecule has 0 fully saturated rings. The molecule has 5 N–H and O–H groups in total. The van der Waals surface area contributed by atoms with Gasteiger partial charge >= 0.3 is 0 Å². The number of nitrogens with one attached hydrogen (secondary N) is 3. The third-order valence-corrected chi connectivity index (χ3v) is 1.70. The Morgan fingerprint density at radius 1 is 1.40 bits per heavy atom. The summed E-state index contributed by atoms with van der Waals surface area (Å²) in [6.45, 7) is 0.286. The minimum atomic E-state index is -0.340. The fourth-order valence-corrected chi connectivity index (χ4v) is 1.09. The maximum atomic E-state index is 11.5. The topological polar surface area (TPSA) is 122 Å². The van der Waals surface area contributed by atoms with E-state index in [1.807, 2.05) is 0 Å². The van der Waals surface area contributed by atoms with Crippen LogP contribution in [-0.2, 0) is 0 Å². The Morgan fingerprint density at radius 2 is 2.20 bits per heavy atom. The van der Waals surface area contributed by atoms with Crippen LogP contribution in [0.5, 0.6) is 0 Å². The largest absolute Gasteiger partial charge is 0.342 e. The Balaban J connectivity index is 2.48. The molecule has 0 spiro atoms. The summed E-state index contributed by atoms with van der Waals surface area (Å²) in [4.78, 5) is 25.8. The van der Waals surface area contributed by atoms with Crippen molar-refractivity contribution in [2.24, 2.45) is 5.84 Å². The second-order valence-corrected chi connectivity index (χ2v) is 2.70. The lowest BCUT2D eigenvalue weighted by molar-refractivity contribution is 0.782. The number of H-pyrrole nitrogens is 1. The zero-order valence-corrected chi connectivity index (χ0v) is 7.69. The smallest absolute Gasteiger partial charge is 0.280 e. The highest BCUT2D eigenvalue weighted by atomic mass is 16.1. The van der Waals surface area contributed by atoms with E-state index in [1.54, 1.807) is 0 Å². The molecule has 2 heterocycles. The predicted molar refractivity (Wildman–Crippen MR) is 53.8 cm³/mol. The van der Waals surface area contributed by atoms with Gasteiger partial charge in [-0.2, -0.15) is 4.98 Å². The van der Waals surface area contributed by atoms with Gasteiger partial charge in [-0.25, -0.2) is 15.4 Å². The molecule has 0 aliphatic rings. The maximum absolute atomic E-state index is 11.5. The first-order valence-electron chi connectivity index (χ1n) is 4.19. The number of nitrogens with zero attached hydrogens (tertiary/aromatic N) is 3. The summed E-state index contributed by atoms with van der Waals surface area (Å²) in [5.74, 6) is 5.36. The number of aromatic amines is 1. The molecule has 8 heteroatoms. The van der Waals surface area contributed by atoms with Crippen LogP contribution in [0, 0.1) is 0 Å². The summed E-state index contributed by atoms with van der Waals surface area (Å²) >= 11 is 0. The molecule has 0 aliphatic carbocycles. The number of hydrogen-bond donors (Lipinski definition) is 4. The van der Waals surface area contributed by atoms with E-state index in [4.69, 9.17) is 5.84 Å². The van der Waals surface area contributed by atoms with Crippen molar-refractivity contribution >= 4 is 17.1 Å². The van der Waals surface area contributed by atoms with Crippen molar-refractivity contribution in [3.8, 4) is 0 Å². The zero-order valence-electron chi connectivity index (χ0n) is 7.69. The number of fused-ring (bicyclic) bond motifs is 1. The monoisotopic (exact) mass is 207 g/mol. The first kappa shape index (κ1) is 9.49. The lowest BCUT2D eigenvalue weighted by Crippen LogP contribution is -2.29. The van der Waals surface area contributed by atoms with E-state index in [9.17, 15) is 4.79 Å². The van der Waals surface area contributed by atoms with Crippen molar-refractivity contribution < 1.29 is 0 Å². The van der Waals surface area contributed by atoms with Gasteiger partial charge in [-0.05, 0) is 0 Å². The molecule has 2 aromatic heterocycles. The first-order valence-corrected chi connectivity index (χ1v) is 4.19. The Labute approximate surface area is 83.9 Å². The van der Waals surface area contributed by atoms with E-state index < -0.39 is 0 Å². The van der Waals surface area contributed by atoms with Crippen LogP contribution in [-0.4, -0.2) is 26.6 Å². The van der Waals surface area contributed by atoms with Crippen LogP contribution in [0.3, 0.4) is 0 Å². The van der Waals surface area contributed by atoms with E-state index in [1.165, 1.54) is 12.4 Å². The first-order chi connectivity index (χ1) is 7.31. The van der Waals surface area contributed by atoms with Gasteiger partial charge in [0.05, 0.1) is 6.67 Å². The quantitative estimate of drug-likeness (QED) is 0.276. The molecule has 0 unspecified atom stereocenters. The van der Waals surface area contributed by atoms with E-state index in [0.29, 0.717) is 11.6 Å². The molecule has 2 aromatic rings. The van der Waals surface area contributed by atoms with Crippen molar-refractivity contribution in [1.29, 1.82) is 0 Å². The van der Waals surface area contributed by atoms with Crippen LogP contribution in [0.4, 0.5) is 5.95 Å². The van der Waals surface area contributed by atoms with Crippen LogP contribution >= 0.6 is 0 Å². The van der Waals surface area contributed by atoms with Gasteiger partial charge in [0.15, 0.2) is 11.2 Å². The van der Waals surface area contributed by atoms with E-state index >= 15 is 0 Å². The second-order valence-electron chi connectivity index (χ2n) is 2.70. The molecule has 0 saturated carbocycles. The number of hydrogen-bond acceptors (Lipinski definition) is 7. The van der Waals surface area contributed by atoms with Crippen molar-refractivity contribution in [2.75, 3.05) is 12.0 Å². The van der Waals surface area contributed by atoms with Gasteiger partial charge in [0.25, 0.3) is 5.56 Å². The van der Waals surface area contributed by atoms with Crippen LogP contribution in [0.2, 0.25) is 0 Å². The molecular weight excluding hydrogens is 198 g/mol. The molecule has 15 heavy (non-hydrogen) atoms. The van der Waals surface area contributed by atoms with E-state index in [2.05, 4.69) is 30.7 Å². The molecule has 2 rings (SSSR count). The van der Waals surface area contributed by atoms with Crippen molar-refractivity contribution in [3.05, 3.63) is 22.7 Å². The van der Waals surface area contributed by atoms with Gasteiger partial charge < -0.3 is 5.32 Å². The lowest BCUT2D eigenvalue weighted by Gasteiger charge is -2.03. The molecule has 0 amide bonds. The average Bonchev–Trinajstić information content (AvgIpc) is 2.26. The second kappa shape index (κ2) is 3.98. The molecule has 78 valence electrons. The molecule has 0 saturated heterocycles. The molecule has 0 atom stereocenters. The normalized spacial score (nSPS) is 10.5. The number of nitrogens with two attached hydrogens (primary N) is 1. The molecular formula is C7H9N7O. The fraction of sp³-hybridized carbons (Fsp3) is 0.143. The van der Waals surface area contributed by atoms with Crippen LogP contribution < -0.4 is 22.1 Å². The Morgan fingerprint density at radius 3 is 3.00 bits per heavy atom. The maximum Gasteiger partial charge on any atom is 0.280 e. The summed E-state index contributed by atoms with van der Waals surface area (Å²) < 4.78 is 0. The van der Waals surface area contributed by atoms with E-state index in [-0.39, 0.29) is 17.7 Å². The number of anilines is 1. The molecule has 0 aromatic carbocycles. The van der Waals surface area contributed by atoms with Crippen LogP contribution in [0.25, 0.3) is 11.2 Å². The molecule has 0 bridgehead atoms. The highest BCUT2D eigenvalue weighted by Gasteiger charge is 2.03. The minimum absolute atomic E-state index is 0.212. The number of aromatic nitrogens is 4. The summed E-state index contributed by atoms with van der Waals surface area (Å²) in [7, 11) is 0. The lowest BCUT2D eigenvalue weighted by atomic mass is 10.5. The van der Waals surface area contributed by atoms with Crippen LogP contribution in [0.1, 0.15) is 0 Å². The SMILES string of the molecule is NNCNc1nc2nccnc2c(=O)[nH]1. The summed E-state index contributed by atoms with van der Waals surface area (Å²) in [5.41, 5.74) is 2.54. The fourth-order valence-electron chi connectivity index (χ4n) is 1.09. The Hall–Kier alpha value is -2.06. The van der Waals surface area contributed by atoms with E-state index in [0.717, 1.165) is 0 Å². The molecule has 0 radical (unpaired) electrons. The Kier molecular flexibility index (Phi) is 2.52. The van der Waals surface area contributed by atoms with Crippen LogP contribution in [0.15, 0.2) is 17.2 Å². The van der Waals surface area contributed by atoms with Crippen molar-refractivity contribution in [1.82, 2.24) is 25.4 Å². The number of rotatable bonds is 3. The third-order valence-electron chi connectivity index (χ3n) is 1.70. The van der Waals surface area contributed by atoms with Crippen molar-refractivity contribution in [2.45, 2.75) is 0 Å². The zero-order chi connectivity index (χ0) is 10.7. The Bertz CT molecular complexity index is 522. The van der Waals surface area contributed by atoms with Gasteiger partial charge in [-0.3, -0.25) is 15.6 Å². The van der Waals surface area contributed by atoms with Gasteiger partial charge in [-0.1, -0.05) is 0 Å². The summed E-state index contributed by atoms with van der Waals surface area (Å²) in [5, 5.41) is 2.76. The van der Waals surface area contributed by atoms with Gasteiger partial charge in [0.2, 0.25) is 5.95 Å². The standard InChI is InChI=1S/C7H9N7O/c8-12-3-11-7-13-5-4(6(15)14-7)9-1-2-10-5/h1-2,12H,3,8H2,(H2,10,11,13,14,15). The number of hydrazine groups is 1. The highest BCUT2D eigenvalue weighted by Crippen LogP contribution is 2.00. The summed E-state index contributed by atoms with van der Waals surface area (Å²) in [6, 6.07) is 0. The minimum Gasteiger partial charge on any atom is -0.342 e. The van der Waals surface area contributed by atoms with Crippen molar-refractivity contribution in [3.63, 3.8) is 0 Å².